The lowest BCUT2D eigenvalue weighted by molar-refractivity contribution is -0.199. The molecule has 0 unspecified atom stereocenters. The Morgan fingerprint density at radius 1 is 0.732 bits per heavy atom. The highest BCUT2D eigenvalue weighted by atomic mass is 16.7. The number of hydrogen-bond acceptors (Lipinski definition) is 10. The average Bonchev–Trinajstić information content (AvgIpc) is 3.52. The molecule has 4 aliphatic rings. The zero-order valence-corrected chi connectivity index (χ0v) is 35.8. The van der Waals surface area contributed by atoms with Crippen LogP contribution in [0, 0.1) is 17.3 Å². The maximum Gasteiger partial charge on any atom is 0.481 e. The fourth-order valence-corrected chi connectivity index (χ4v) is 8.78. The molecule has 3 saturated carbocycles. The molecule has 4 fully saturated rings. The second-order valence-electron chi connectivity index (χ2n) is 17.6. The van der Waals surface area contributed by atoms with Gasteiger partial charge in [-0.3, -0.25) is 19.2 Å². The summed E-state index contributed by atoms with van der Waals surface area (Å²) in [5, 5.41) is 37.6. The lowest BCUT2D eigenvalue weighted by Gasteiger charge is -2.64. The molecule has 1 aliphatic heterocycles. The van der Waals surface area contributed by atoms with E-state index in [4.69, 9.17) is 9.31 Å². The molecule has 0 aromatic heterocycles. The van der Waals surface area contributed by atoms with Crippen LogP contribution in [-0.4, -0.2) is 115 Å². The summed E-state index contributed by atoms with van der Waals surface area (Å²) in [5.74, 6) is -1.84. The van der Waals surface area contributed by atoms with Gasteiger partial charge in [-0.25, -0.2) is 0 Å². The molecule has 0 aromatic rings. The first kappa shape index (κ1) is 48.1. The molecule has 0 spiro atoms. The van der Waals surface area contributed by atoms with Gasteiger partial charge in [-0.15, -0.1) is 0 Å². The fraction of sp³-hybridized carbons (Fsp3) is 0.902. The first-order valence-electron chi connectivity index (χ1n) is 21.9. The molecule has 1 saturated heterocycles. The molecule has 3 aliphatic carbocycles. The Balaban J connectivity index is 1.45. The van der Waals surface area contributed by atoms with Gasteiger partial charge < -0.3 is 51.4 Å². The summed E-state index contributed by atoms with van der Waals surface area (Å²) in [7, 11) is -0.608. The van der Waals surface area contributed by atoms with Crippen molar-refractivity contribution in [3.63, 3.8) is 0 Å². The van der Waals surface area contributed by atoms with E-state index >= 15 is 0 Å². The van der Waals surface area contributed by atoms with Gasteiger partial charge in [-0.05, 0) is 77.2 Å². The Bertz CT molecular complexity index is 1240. The Labute approximate surface area is 337 Å². The van der Waals surface area contributed by atoms with E-state index in [0.29, 0.717) is 37.8 Å². The van der Waals surface area contributed by atoms with Crippen LogP contribution in [0.1, 0.15) is 145 Å². The molecule has 15 heteroatoms. The molecule has 8 N–H and O–H groups in total. The van der Waals surface area contributed by atoms with Crippen LogP contribution < -0.4 is 31.9 Å². The smallest absolute Gasteiger partial charge is 0.404 e. The van der Waals surface area contributed by atoms with Crippen molar-refractivity contribution in [3.8, 4) is 0 Å². The molecule has 322 valence electrons. The highest BCUT2D eigenvalue weighted by Crippen LogP contribution is 2.65. The minimum Gasteiger partial charge on any atom is -0.404 e. The molecular formula is C41H77BN6O8. The van der Waals surface area contributed by atoms with Crippen molar-refractivity contribution in [2.45, 2.75) is 193 Å². The van der Waals surface area contributed by atoms with Gasteiger partial charge in [0.25, 0.3) is 0 Å². The maximum absolute atomic E-state index is 13.6. The van der Waals surface area contributed by atoms with Crippen LogP contribution in [0.2, 0.25) is 0 Å². The van der Waals surface area contributed by atoms with Crippen molar-refractivity contribution in [2.75, 3.05) is 26.2 Å². The van der Waals surface area contributed by atoms with Crippen LogP contribution in [0.4, 0.5) is 0 Å². The summed E-state index contributed by atoms with van der Waals surface area (Å²) < 4.78 is 12.9. The number of carbonyl (C=O) groups excluding carboxylic acids is 4. The lowest BCUT2D eigenvalue weighted by Crippen LogP contribution is -2.65. The number of aliphatic hydroxyl groups excluding tert-OH is 2. The van der Waals surface area contributed by atoms with E-state index < -0.39 is 73.3 Å². The van der Waals surface area contributed by atoms with E-state index in [1.807, 2.05) is 6.92 Å². The van der Waals surface area contributed by atoms with Gasteiger partial charge in [0.1, 0.15) is 24.2 Å². The molecule has 1 heterocycles. The van der Waals surface area contributed by atoms with E-state index in [2.05, 4.69) is 66.5 Å². The van der Waals surface area contributed by atoms with E-state index in [-0.39, 0.29) is 17.4 Å². The summed E-state index contributed by atoms with van der Waals surface area (Å²) in [5.41, 5.74) is -0.215. The predicted molar refractivity (Wildman–Crippen MR) is 219 cm³/mol. The monoisotopic (exact) mass is 793 g/mol. The molecule has 0 aromatic carbocycles. The first-order valence-corrected chi connectivity index (χ1v) is 21.9. The van der Waals surface area contributed by atoms with Crippen LogP contribution in [0.3, 0.4) is 0 Å². The maximum atomic E-state index is 13.6. The second kappa shape index (κ2) is 23.3. The Kier molecular flexibility index (Phi) is 20.0. The van der Waals surface area contributed by atoms with Crippen LogP contribution in [0.15, 0.2) is 0 Å². The molecular weight excluding hydrogens is 715 g/mol. The minimum atomic E-state index is -1.38. The normalized spacial score (nSPS) is 25.5. The zero-order chi connectivity index (χ0) is 41.5. The number of aliphatic hydroxyl groups is 2. The van der Waals surface area contributed by atoms with Gasteiger partial charge in [0.05, 0.1) is 30.4 Å². The van der Waals surface area contributed by atoms with Crippen molar-refractivity contribution in [2.24, 2.45) is 17.3 Å². The highest BCUT2D eigenvalue weighted by molar-refractivity contribution is 6.47. The molecule has 4 amide bonds. The zero-order valence-electron chi connectivity index (χ0n) is 35.8. The second-order valence-corrected chi connectivity index (χ2v) is 17.6. The molecule has 2 bridgehead atoms. The van der Waals surface area contributed by atoms with Crippen molar-refractivity contribution >= 4 is 30.7 Å². The van der Waals surface area contributed by atoms with Crippen LogP contribution in [0.5, 0.6) is 0 Å². The van der Waals surface area contributed by atoms with Crippen LogP contribution >= 0.6 is 0 Å². The number of amides is 4. The van der Waals surface area contributed by atoms with Crippen LogP contribution in [-0.2, 0) is 28.5 Å². The van der Waals surface area contributed by atoms with Gasteiger partial charge in [0.2, 0.25) is 23.6 Å². The molecule has 14 nitrogen and oxygen atoms in total. The quantitative estimate of drug-likeness (QED) is 0.0431. The third kappa shape index (κ3) is 13.4. The van der Waals surface area contributed by atoms with E-state index in [9.17, 15) is 29.4 Å². The summed E-state index contributed by atoms with van der Waals surface area (Å²) in [6, 6.07) is -4.33. The SMILES string of the molecule is CCCCCCCCCCNCCN[C@@H](CO)C(=O)N[C@H](C(=O)N[C@@H](C)C(=O)N[C@@H](CCCCC)C(=O)N[C@@H](C)B1O[C@@H]2C[C@@H]3C[C@@H](C3(C)C)[C@]2(C)O1)[C@@H](C)O. The third-order valence-electron chi connectivity index (χ3n) is 12.7. The number of unbranched alkanes of at least 4 members (excludes halogenated alkanes) is 9. The largest absolute Gasteiger partial charge is 0.481 e. The Hall–Kier alpha value is -2.30. The van der Waals surface area contributed by atoms with E-state index in [1.165, 1.54) is 58.8 Å². The van der Waals surface area contributed by atoms with Gasteiger partial charge in [0.15, 0.2) is 0 Å². The van der Waals surface area contributed by atoms with Crippen molar-refractivity contribution in [1.29, 1.82) is 0 Å². The summed E-state index contributed by atoms with van der Waals surface area (Å²) >= 11 is 0. The fourth-order valence-electron chi connectivity index (χ4n) is 8.78. The van der Waals surface area contributed by atoms with Crippen molar-refractivity contribution in [3.05, 3.63) is 0 Å². The number of nitrogens with one attached hydrogen (secondary N) is 6. The number of carbonyl (C=O) groups is 4. The van der Waals surface area contributed by atoms with E-state index in [1.54, 1.807) is 0 Å². The number of rotatable bonds is 28. The summed E-state index contributed by atoms with van der Waals surface area (Å²) in [6.45, 7) is 17.1. The predicted octanol–water partition coefficient (Wildman–Crippen LogP) is 2.87. The lowest BCUT2D eigenvalue weighted by atomic mass is 9.43. The Morgan fingerprint density at radius 3 is 1.98 bits per heavy atom. The standard InChI is InChI=1S/C41H77BN6O8/c1-9-11-13-14-15-16-17-19-21-43-22-23-44-32(26-49)38(53)48-35(28(4)50)39(54)45-27(3)36(51)47-31(20-18-12-10-2)37(52)46-29(5)42-55-34-25-30-24-33(40(30,6)7)41(34,8)56-42/h27-35,43-44,49-50H,9-26H2,1-8H3,(H,45,54)(H,46,52)(H,47,51)(H,48,53)/t27-,28+,29-,30-,31-,32-,33-,34+,35-,41-/m0/s1. The summed E-state index contributed by atoms with van der Waals surface area (Å²) in [4.78, 5) is 53.3. The molecule has 4 rings (SSSR count). The van der Waals surface area contributed by atoms with Crippen molar-refractivity contribution in [1.82, 2.24) is 31.9 Å². The average molecular weight is 793 g/mol. The Morgan fingerprint density at radius 2 is 1.36 bits per heavy atom. The van der Waals surface area contributed by atoms with Crippen LogP contribution in [0.25, 0.3) is 0 Å². The topological polar surface area (TPSA) is 199 Å². The third-order valence-corrected chi connectivity index (χ3v) is 12.7. The minimum absolute atomic E-state index is 0.0225. The van der Waals surface area contributed by atoms with Gasteiger partial charge >= 0.3 is 7.12 Å². The molecule has 10 atom stereocenters. The van der Waals surface area contributed by atoms with Gasteiger partial charge in [0, 0.05) is 13.1 Å². The van der Waals surface area contributed by atoms with E-state index in [0.717, 1.165) is 38.6 Å². The highest BCUT2D eigenvalue weighted by Gasteiger charge is 2.68. The first-order chi connectivity index (χ1) is 26.6. The van der Waals surface area contributed by atoms with Gasteiger partial charge in [-0.2, -0.15) is 0 Å². The number of hydrogen-bond donors (Lipinski definition) is 8. The van der Waals surface area contributed by atoms with Gasteiger partial charge in [-0.1, -0.05) is 91.9 Å². The summed E-state index contributed by atoms with van der Waals surface area (Å²) in [6.07, 6.45) is 13.6. The van der Waals surface area contributed by atoms with Crippen molar-refractivity contribution < 1.29 is 38.7 Å². The molecule has 0 radical (unpaired) electrons. The molecule has 56 heavy (non-hydrogen) atoms.